The first-order valence-electron chi connectivity index (χ1n) is 8.86. The predicted molar refractivity (Wildman–Crippen MR) is 104 cm³/mol. The number of ketones is 1. The van der Waals surface area contributed by atoms with Crippen molar-refractivity contribution < 1.29 is 18.4 Å². The number of hydrogen-bond acceptors (Lipinski definition) is 4. The number of benzene rings is 2. The molecule has 2 amide bonds. The Bertz CT molecular complexity index is 1120. The summed E-state index contributed by atoms with van der Waals surface area (Å²) >= 11 is 0. The zero-order chi connectivity index (χ0) is 20.4. The van der Waals surface area contributed by atoms with E-state index in [1.165, 1.54) is 36.5 Å². The van der Waals surface area contributed by atoms with Crippen LogP contribution in [0.1, 0.15) is 21.5 Å². The van der Waals surface area contributed by atoms with E-state index < -0.39 is 11.6 Å². The number of nitrogens with one attached hydrogen (secondary N) is 3. The van der Waals surface area contributed by atoms with Gasteiger partial charge in [0.05, 0.1) is 12.2 Å². The molecule has 2 aromatic carbocycles. The molecule has 4 rings (SSSR count). The number of amides is 2. The fraction of sp³-hybridized carbons (Fsp3) is 0.0952. The van der Waals surface area contributed by atoms with Crippen LogP contribution >= 0.6 is 0 Å². The van der Waals surface area contributed by atoms with Crippen molar-refractivity contribution in [1.82, 2.24) is 10.3 Å². The Labute approximate surface area is 165 Å². The summed E-state index contributed by atoms with van der Waals surface area (Å²) in [4.78, 5) is 27.8. The number of fused-ring (bicyclic) bond motifs is 1. The molecular weight excluding hydrogens is 378 g/mol. The Kier molecular flexibility index (Phi) is 4.90. The highest BCUT2D eigenvalue weighted by Crippen LogP contribution is 2.29. The van der Waals surface area contributed by atoms with Crippen LogP contribution in [-0.4, -0.2) is 16.8 Å². The Morgan fingerprint density at radius 2 is 1.97 bits per heavy atom. The maximum absolute atomic E-state index is 14.6. The average Bonchev–Trinajstić information content (AvgIpc) is 2.70. The molecule has 0 atom stereocenters. The summed E-state index contributed by atoms with van der Waals surface area (Å²) in [6, 6.07) is 11.2. The van der Waals surface area contributed by atoms with Crippen LogP contribution in [0.5, 0.6) is 0 Å². The standard InChI is InChI=1S/C21H16F2N4O2/c22-14-3-1-2-13(10-14)19(28)9-12-4-5-18(16(23)8-12)26-17-6-7-24-20-15(17)11-25-21(29)27-20/h1-8,10H,9,11H2,(H3,24,25,26,27,29). The maximum atomic E-state index is 14.6. The lowest BCUT2D eigenvalue weighted by Gasteiger charge is -2.21. The van der Waals surface area contributed by atoms with Crippen molar-refractivity contribution >= 4 is 29.0 Å². The fourth-order valence-corrected chi connectivity index (χ4v) is 3.08. The van der Waals surface area contributed by atoms with Gasteiger partial charge < -0.3 is 10.6 Å². The smallest absolute Gasteiger partial charge is 0.320 e. The number of urea groups is 1. The predicted octanol–water partition coefficient (Wildman–Crippen LogP) is 4.16. The lowest BCUT2D eigenvalue weighted by Crippen LogP contribution is -2.34. The SMILES string of the molecule is O=C1NCc2c(Nc3ccc(CC(=O)c4cccc(F)c4)cc3F)ccnc2N1. The molecule has 0 saturated carbocycles. The Morgan fingerprint density at radius 3 is 2.76 bits per heavy atom. The van der Waals surface area contributed by atoms with Gasteiger partial charge in [0.25, 0.3) is 0 Å². The molecule has 2 heterocycles. The summed E-state index contributed by atoms with van der Waals surface area (Å²) in [5.74, 6) is -0.910. The molecule has 0 radical (unpaired) electrons. The second-order valence-electron chi connectivity index (χ2n) is 6.54. The third kappa shape index (κ3) is 4.06. The third-order valence-electron chi connectivity index (χ3n) is 4.53. The van der Waals surface area contributed by atoms with Gasteiger partial charge in [-0.3, -0.25) is 10.1 Å². The number of carbonyl (C=O) groups excluding carboxylic acids is 2. The molecule has 0 aliphatic carbocycles. The molecule has 8 heteroatoms. The van der Waals surface area contributed by atoms with Gasteiger partial charge in [-0.1, -0.05) is 18.2 Å². The summed E-state index contributed by atoms with van der Waals surface area (Å²) in [6.45, 7) is 0.263. The van der Waals surface area contributed by atoms with Crippen LogP contribution in [0.25, 0.3) is 0 Å². The van der Waals surface area contributed by atoms with E-state index in [0.29, 0.717) is 22.6 Å². The second kappa shape index (κ2) is 7.67. The summed E-state index contributed by atoms with van der Waals surface area (Å²) in [5.41, 5.74) is 2.25. The number of nitrogens with zero attached hydrogens (tertiary/aromatic N) is 1. The van der Waals surface area contributed by atoms with Crippen LogP contribution in [0.3, 0.4) is 0 Å². The summed E-state index contributed by atoms with van der Waals surface area (Å²) < 4.78 is 27.9. The Balaban J connectivity index is 1.52. The first-order chi connectivity index (χ1) is 14.0. The number of Topliss-reactive ketones (excluding diaryl/α,β-unsaturated/α-hetero) is 1. The lowest BCUT2D eigenvalue weighted by atomic mass is 10.0. The quantitative estimate of drug-likeness (QED) is 0.568. The van der Waals surface area contributed by atoms with Crippen LogP contribution in [0.15, 0.2) is 54.7 Å². The fourth-order valence-electron chi connectivity index (χ4n) is 3.08. The number of anilines is 3. The maximum Gasteiger partial charge on any atom is 0.320 e. The van der Waals surface area contributed by atoms with Gasteiger partial charge in [0.2, 0.25) is 0 Å². The van der Waals surface area contributed by atoms with E-state index in [4.69, 9.17) is 0 Å². The number of halogens is 2. The highest BCUT2D eigenvalue weighted by molar-refractivity contribution is 5.97. The van der Waals surface area contributed by atoms with Crippen molar-refractivity contribution in [3.8, 4) is 0 Å². The van der Waals surface area contributed by atoms with Crippen LogP contribution < -0.4 is 16.0 Å². The van der Waals surface area contributed by atoms with Crippen LogP contribution in [0, 0.1) is 11.6 Å². The molecule has 0 saturated heterocycles. The molecule has 29 heavy (non-hydrogen) atoms. The molecule has 1 aromatic heterocycles. The first kappa shape index (κ1) is 18.5. The van der Waals surface area contributed by atoms with E-state index in [-0.39, 0.29) is 36.0 Å². The van der Waals surface area contributed by atoms with Gasteiger partial charge >= 0.3 is 6.03 Å². The topological polar surface area (TPSA) is 83.1 Å². The van der Waals surface area contributed by atoms with Crippen molar-refractivity contribution in [1.29, 1.82) is 0 Å². The summed E-state index contributed by atoms with van der Waals surface area (Å²) in [6.07, 6.45) is 1.47. The number of aromatic nitrogens is 1. The van der Waals surface area contributed by atoms with Gasteiger partial charge in [-0.05, 0) is 35.9 Å². The van der Waals surface area contributed by atoms with Gasteiger partial charge in [0, 0.05) is 29.4 Å². The third-order valence-corrected chi connectivity index (χ3v) is 4.53. The van der Waals surface area contributed by atoms with Gasteiger partial charge in [-0.15, -0.1) is 0 Å². The van der Waals surface area contributed by atoms with E-state index in [1.54, 1.807) is 12.1 Å². The first-order valence-corrected chi connectivity index (χ1v) is 8.86. The van der Waals surface area contributed by atoms with E-state index >= 15 is 0 Å². The number of pyridine rings is 1. The molecule has 3 aromatic rings. The molecule has 0 fully saturated rings. The van der Waals surface area contributed by atoms with E-state index in [9.17, 15) is 18.4 Å². The second-order valence-corrected chi connectivity index (χ2v) is 6.54. The molecule has 146 valence electrons. The highest BCUT2D eigenvalue weighted by Gasteiger charge is 2.19. The van der Waals surface area contributed by atoms with Gasteiger partial charge in [0.15, 0.2) is 5.78 Å². The lowest BCUT2D eigenvalue weighted by molar-refractivity contribution is 0.0992. The monoisotopic (exact) mass is 394 g/mol. The van der Waals surface area contributed by atoms with Crippen LogP contribution in [0.4, 0.5) is 30.8 Å². The molecule has 1 aliphatic heterocycles. The Morgan fingerprint density at radius 1 is 1.10 bits per heavy atom. The average molecular weight is 394 g/mol. The van der Waals surface area contributed by atoms with Crippen LogP contribution in [0.2, 0.25) is 0 Å². The van der Waals surface area contributed by atoms with Crippen molar-refractivity contribution in [2.24, 2.45) is 0 Å². The molecule has 0 bridgehead atoms. The molecule has 6 nitrogen and oxygen atoms in total. The molecule has 0 unspecified atom stereocenters. The summed E-state index contributed by atoms with van der Waals surface area (Å²) in [5, 5.41) is 8.23. The molecule has 3 N–H and O–H groups in total. The normalized spacial score (nSPS) is 12.6. The van der Waals surface area contributed by atoms with E-state index in [2.05, 4.69) is 20.9 Å². The van der Waals surface area contributed by atoms with Gasteiger partial charge in [-0.2, -0.15) is 0 Å². The minimum Gasteiger partial charge on any atom is -0.353 e. The highest BCUT2D eigenvalue weighted by atomic mass is 19.1. The van der Waals surface area contributed by atoms with Crippen molar-refractivity contribution in [2.75, 3.05) is 10.6 Å². The number of carbonyl (C=O) groups is 2. The number of hydrogen-bond donors (Lipinski definition) is 3. The van der Waals surface area contributed by atoms with Gasteiger partial charge in [0.1, 0.15) is 17.5 Å². The Hall–Kier alpha value is -3.81. The van der Waals surface area contributed by atoms with Crippen molar-refractivity contribution in [3.63, 3.8) is 0 Å². The number of rotatable bonds is 5. The molecule has 1 aliphatic rings. The summed E-state index contributed by atoms with van der Waals surface area (Å²) in [7, 11) is 0. The van der Waals surface area contributed by atoms with Crippen molar-refractivity contribution in [3.05, 3.63) is 83.1 Å². The zero-order valence-corrected chi connectivity index (χ0v) is 15.1. The molecule has 0 spiro atoms. The van der Waals surface area contributed by atoms with Crippen molar-refractivity contribution in [2.45, 2.75) is 13.0 Å². The van der Waals surface area contributed by atoms with Crippen LogP contribution in [-0.2, 0) is 13.0 Å². The van der Waals surface area contributed by atoms with E-state index in [0.717, 1.165) is 6.07 Å². The zero-order valence-electron chi connectivity index (χ0n) is 15.1. The largest absolute Gasteiger partial charge is 0.353 e. The van der Waals surface area contributed by atoms with Gasteiger partial charge in [-0.25, -0.2) is 18.6 Å². The molecular formula is C21H16F2N4O2. The minimum atomic E-state index is -0.534. The van der Waals surface area contributed by atoms with E-state index in [1.807, 2.05) is 0 Å². The minimum absolute atomic E-state index is 0.0404.